The molecule has 3 nitrogen and oxygen atoms in total. The lowest BCUT2D eigenvalue weighted by atomic mass is 10.3. The highest BCUT2D eigenvalue weighted by atomic mass is 32.2. The molecule has 1 rings (SSSR count). The minimum atomic E-state index is -4.73. The van der Waals surface area contributed by atoms with Crippen LogP contribution in [0.15, 0.2) is 23.1 Å². The summed E-state index contributed by atoms with van der Waals surface area (Å²) in [7, 11) is 0. The van der Waals surface area contributed by atoms with Crippen molar-refractivity contribution in [3.05, 3.63) is 18.2 Å². The SMILES string of the molecule is NSc1ccc(OC(F)(F)F)c(N)c1. The van der Waals surface area contributed by atoms with E-state index >= 15 is 0 Å². The number of anilines is 1. The molecule has 0 bridgehead atoms. The summed E-state index contributed by atoms with van der Waals surface area (Å²) in [6, 6.07) is 3.83. The fourth-order valence-electron chi connectivity index (χ4n) is 0.817. The lowest BCUT2D eigenvalue weighted by molar-refractivity contribution is -0.274. The van der Waals surface area contributed by atoms with Gasteiger partial charge in [0.15, 0.2) is 5.75 Å². The molecule has 4 N–H and O–H groups in total. The number of nitrogens with two attached hydrogens (primary N) is 2. The van der Waals surface area contributed by atoms with Crippen molar-refractivity contribution in [1.29, 1.82) is 0 Å². The second-order valence-electron chi connectivity index (χ2n) is 2.37. The quantitative estimate of drug-likeness (QED) is 0.596. The molecule has 0 aliphatic carbocycles. The average Bonchev–Trinajstić information content (AvgIpc) is 2.06. The Hall–Kier alpha value is -1.08. The Morgan fingerprint density at radius 2 is 1.93 bits per heavy atom. The zero-order valence-corrected chi connectivity index (χ0v) is 7.65. The number of halogens is 3. The van der Waals surface area contributed by atoms with Gasteiger partial charge in [-0.1, -0.05) is 0 Å². The summed E-state index contributed by atoms with van der Waals surface area (Å²) in [4.78, 5) is 0.567. The molecule has 0 unspecified atom stereocenters. The van der Waals surface area contributed by atoms with Crippen molar-refractivity contribution in [2.75, 3.05) is 5.73 Å². The van der Waals surface area contributed by atoms with Crippen LogP contribution in [0.5, 0.6) is 5.75 Å². The molecule has 0 fully saturated rings. The van der Waals surface area contributed by atoms with Crippen LogP contribution in [-0.4, -0.2) is 6.36 Å². The molecule has 1 aromatic rings. The molecule has 0 heterocycles. The van der Waals surface area contributed by atoms with E-state index in [1.54, 1.807) is 0 Å². The van der Waals surface area contributed by atoms with Gasteiger partial charge in [0.05, 0.1) is 5.69 Å². The van der Waals surface area contributed by atoms with Crippen LogP contribution in [0.4, 0.5) is 18.9 Å². The zero-order valence-electron chi connectivity index (χ0n) is 6.84. The minimum Gasteiger partial charge on any atom is -0.404 e. The van der Waals surface area contributed by atoms with E-state index in [2.05, 4.69) is 4.74 Å². The molecular weight excluding hydrogens is 217 g/mol. The smallest absolute Gasteiger partial charge is 0.404 e. The van der Waals surface area contributed by atoms with E-state index in [4.69, 9.17) is 10.9 Å². The van der Waals surface area contributed by atoms with Crippen molar-refractivity contribution in [2.45, 2.75) is 11.3 Å². The Bertz CT molecular complexity index is 329. The van der Waals surface area contributed by atoms with Crippen molar-refractivity contribution >= 4 is 17.6 Å². The molecule has 0 spiro atoms. The Balaban J connectivity index is 2.89. The summed E-state index contributed by atoms with van der Waals surface area (Å²) in [5.74, 6) is -0.421. The van der Waals surface area contributed by atoms with Crippen molar-refractivity contribution in [3.63, 3.8) is 0 Å². The van der Waals surface area contributed by atoms with Crippen molar-refractivity contribution in [1.82, 2.24) is 0 Å². The molecule has 0 saturated carbocycles. The summed E-state index contributed by atoms with van der Waals surface area (Å²) >= 11 is 0.893. The van der Waals surface area contributed by atoms with Crippen LogP contribution in [0.1, 0.15) is 0 Å². The highest BCUT2D eigenvalue weighted by Gasteiger charge is 2.31. The second kappa shape index (κ2) is 3.97. The molecule has 0 aliphatic rings. The van der Waals surface area contributed by atoms with E-state index in [0.29, 0.717) is 4.90 Å². The summed E-state index contributed by atoms with van der Waals surface area (Å²) < 4.78 is 39.0. The van der Waals surface area contributed by atoms with Gasteiger partial charge in [-0.2, -0.15) is 0 Å². The number of benzene rings is 1. The lowest BCUT2D eigenvalue weighted by Gasteiger charge is -2.11. The van der Waals surface area contributed by atoms with Gasteiger partial charge in [-0.3, -0.25) is 5.14 Å². The summed E-state index contributed by atoms with van der Waals surface area (Å²) in [6.07, 6.45) is -4.73. The van der Waals surface area contributed by atoms with E-state index in [-0.39, 0.29) is 5.69 Å². The first-order valence-electron chi connectivity index (χ1n) is 3.44. The Labute approximate surface area is 82.3 Å². The topological polar surface area (TPSA) is 61.3 Å². The maximum absolute atomic E-state index is 11.8. The Morgan fingerprint density at radius 3 is 2.36 bits per heavy atom. The van der Waals surface area contributed by atoms with Gasteiger partial charge in [-0.25, -0.2) is 0 Å². The fourth-order valence-corrected chi connectivity index (χ4v) is 1.16. The maximum atomic E-state index is 11.8. The van der Waals surface area contributed by atoms with Gasteiger partial charge in [0.2, 0.25) is 0 Å². The maximum Gasteiger partial charge on any atom is 0.573 e. The standard InChI is InChI=1S/C7H7F3N2OS/c8-7(9,10)13-6-2-1-4(14-12)3-5(6)11/h1-3H,11-12H2. The van der Waals surface area contributed by atoms with Crippen LogP contribution in [0.2, 0.25) is 0 Å². The van der Waals surface area contributed by atoms with Gasteiger partial charge in [0, 0.05) is 4.90 Å². The number of ether oxygens (including phenoxy) is 1. The lowest BCUT2D eigenvalue weighted by Crippen LogP contribution is -2.18. The monoisotopic (exact) mass is 224 g/mol. The Kier molecular flexibility index (Phi) is 3.12. The van der Waals surface area contributed by atoms with E-state index in [9.17, 15) is 13.2 Å². The summed E-state index contributed by atoms with van der Waals surface area (Å²) in [5.41, 5.74) is 5.21. The van der Waals surface area contributed by atoms with Crippen LogP contribution in [0, 0.1) is 0 Å². The van der Waals surface area contributed by atoms with Gasteiger partial charge in [-0.05, 0) is 30.1 Å². The van der Waals surface area contributed by atoms with Crippen LogP contribution in [0.25, 0.3) is 0 Å². The molecule has 0 radical (unpaired) electrons. The molecule has 7 heteroatoms. The van der Waals surface area contributed by atoms with Crippen molar-refractivity contribution < 1.29 is 17.9 Å². The minimum absolute atomic E-state index is 0.0993. The van der Waals surface area contributed by atoms with E-state index in [1.807, 2.05) is 0 Å². The molecule has 0 amide bonds. The number of hydrogen-bond acceptors (Lipinski definition) is 4. The van der Waals surface area contributed by atoms with E-state index in [0.717, 1.165) is 18.0 Å². The molecule has 0 aliphatic heterocycles. The second-order valence-corrected chi connectivity index (χ2v) is 3.07. The van der Waals surface area contributed by atoms with Gasteiger partial charge < -0.3 is 10.5 Å². The first kappa shape index (κ1) is 11.0. The van der Waals surface area contributed by atoms with Gasteiger partial charge in [0.1, 0.15) is 0 Å². The van der Waals surface area contributed by atoms with Crippen LogP contribution in [0.3, 0.4) is 0 Å². The summed E-state index contributed by atoms with van der Waals surface area (Å²) in [5, 5.41) is 5.19. The molecule has 0 atom stereocenters. The first-order valence-corrected chi connectivity index (χ1v) is 4.32. The van der Waals surface area contributed by atoms with Crippen LogP contribution >= 0.6 is 11.9 Å². The average molecular weight is 224 g/mol. The summed E-state index contributed by atoms with van der Waals surface area (Å²) in [6.45, 7) is 0. The zero-order chi connectivity index (χ0) is 10.8. The fraction of sp³-hybridized carbons (Fsp3) is 0.143. The predicted molar refractivity (Wildman–Crippen MR) is 47.6 cm³/mol. The highest BCUT2D eigenvalue weighted by Crippen LogP contribution is 2.30. The third kappa shape index (κ3) is 3.00. The third-order valence-electron chi connectivity index (χ3n) is 1.34. The molecule has 0 saturated heterocycles. The number of hydrogen-bond donors (Lipinski definition) is 2. The highest BCUT2D eigenvalue weighted by molar-refractivity contribution is 7.97. The van der Waals surface area contributed by atoms with E-state index in [1.165, 1.54) is 12.1 Å². The third-order valence-corrected chi connectivity index (χ3v) is 1.87. The normalized spacial score (nSPS) is 11.4. The molecule has 14 heavy (non-hydrogen) atoms. The number of nitrogen functional groups attached to an aromatic ring is 1. The molecule has 1 aromatic carbocycles. The largest absolute Gasteiger partial charge is 0.573 e. The van der Waals surface area contributed by atoms with Crippen LogP contribution < -0.4 is 15.6 Å². The van der Waals surface area contributed by atoms with Crippen LogP contribution in [-0.2, 0) is 0 Å². The molecule has 78 valence electrons. The van der Waals surface area contributed by atoms with Crippen molar-refractivity contribution in [3.8, 4) is 5.75 Å². The molecule has 0 aromatic heterocycles. The first-order chi connectivity index (χ1) is 6.42. The van der Waals surface area contributed by atoms with Gasteiger partial charge in [0.25, 0.3) is 0 Å². The van der Waals surface area contributed by atoms with Crippen molar-refractivity contribution in [2.24, 2.45) is 5.14 Å². The molecular formula is C7H7F3N2OS. The van der Waals surface area contributed by atoms with E-state index < -0.39 is 12.1 Å². The predicted octanol–water partition coefficient (Wildman–Crippen LogP) is 2.13. The Morgan fingerprint density at radius 1 is 1.29 bits per heavy atom. The van der Waals surface area contributed by atoms with Gasteiger partial charge in [-0.15, -0.1) is 13.2 Å². The van der Waals surface area contributed by atoms with Gasteiger partial charge >= 0.3 is 6.36 Å². The number of rotatable bonds is 2. The number of alkyl halides is 3.